The Balaban J connectivity index is 1.91. The highest BCUT2D eigenvalue weighted by Gasteiger charge is 2.39. The highest BCUT2D eigenvalue weighted by atomic mass is 16.2. The number of nitrogens with two attached hydrogens (primary N) is 1. The first-order valence-corrected chi connectivity index (χ1v) is 15.7. The lowest BCUT2D eigenvalue weighted by Gasteiger charge is -2.25. The first-order valence-electron chi connectivity index (χ1n) is 15.7. The monoisotopic (exact) mass is 614 g/mol. The second-order valence-electron chi connectivity index (χ2n) is 12.1. The molecule has 12 heteroatoms. The first kappa shape index (κ1) is 36.2. The average Bonchev–Trinajstić information content (AvgIpc) is 3.26. The van der Waals surface area contributed by atoms with E-state index in [1.807, 2.05) is 32.9 Å². The summed E-state index contributed by atoms with van der Waals surface area (Å²) in [4.78, 5) is 76.3. The third kappa shape index (κ3) is 11.6. The molecule has 0 spiro atoms. The maximum absolute atomic E-state index is 13.3. The summed E-state index contributed by atoms with van der Waals surface area (Å²) in [6.45, 7) is 10.1. The van der Waals surface area contributed by atoms with Crippen molar-refractivity contribution in [2.24, 2.45) is 23.5 Å². The van der Waals surface area contributed by atoms with Gasteiger partial charge < -0.3 is 27.0 Å². The molecule has 0 radical (unpaired) electrons. The number of rotatable bonds is 18. The predicted octanol–water partition coefficient (Wildman–Crippen LogP) is 2.85. The fourth-order valence-corrected chi connectivity index (χ4v) is 5.08. The van der Waals surface area contributed by atoms with Gasteiger partial charge in [0.05, 0.1) is 0 Å². The molecule has 1 saturated heterocycles. The number of benzene rings is 1. The molecule has 12 nitrogen and oxygen atoms in total. The summed E-state index contributed by atoms with van der Waals surface area (Å²) < 4.78 is 0. The molecule has 1 aromatic carbocycles. The zero-order chi connectivity index (χ0) is 32.8. The number of nitrogens with zero attached hydrogens (tertiary/aromatic N) is 1. The van der Waals surface area contributed by atoms with Gasteiger partial charge >= 0.3 is 6.03 Å². The third-order valence-electron chi connectivity index (χ3n) is 7.87. The van der Waals surface area contributed by atoms with Crippen molar-refractivity contribution in [3.63, 3.8) is 0 Å². The van der Waals surface area contributed by atoms with Crippen LogP contribution < -0.4 is 27.0 Å². The molecular weight excluding hydrogens is 564 g/mol. The van der Waals surface area contributed by atoms with Crippen molar-refractivity contribution < 1.29 is 28.8 Å². The molecule has 0 saturated carbocycles. The van der Waals surface area contributed by atoms with Crippen LogP contribution in [-0.4, -0.2) is 65.6 Å². The molecule has 1 fully saturated rings. The van der Waals surface area contributed by atoms with Crippen LogP contribution in [0.15, 0.2) is 24.3 Å². The SMILES string of the molecule is CCc1ccc(NC(=O)[C@H](CCCNC(N)=O)NC(=O)C(NC(=O)CCCCCN2C(=O)CC(C(C)C)C2=O)C(C)C)cc1. The standard InChI is InChI=1S/C32H50N6O6/c1-6-22-13-15-23(16-14-22)35-29(41)25(11-10-17-34-32(33)44)36-30(42)28(21(4)5)37-26(39)12-8-7-9-18-38-27(40)19-24(20(2)3)31(38)43/h13-16,20-21,24-25,28H,6-12,17-19H2,1-5H3,(H,35,41)(H,36,42)(H,37,39)(H3,33,34,44)/t24?,25-,28?/m0/s1. The first-order chi connectivity index (χ1) is 20.8. The molecule has 244 valence electrons. The fraction of sp³-hybridized carbons (Fsp3) is 0.625. The summed E-state index contributed by atoms with van der Waals surface area (Å²) in [7, 11) is 0. The normalized spacial score (nSPS) is 16.2. The Labute approximate surface area is 260 Å². The molecule has 44 heavy (non-hydrogen) atoms. The van der Waals surface area contributed by atoms with E-state index in [1.54, 1.807) is 26.0 Å². The molecular formula is C32H50N6O6. The van der Waals surface area contributed by atoms with Crippen molar-refractivity contribution in [2.75, 3.05) is 18.4 Å². The number of aryl methyl sites for hydroxylation is 1. The van der Waals surface area contributed by atoms with Gasteiger partial charge in [-0.2, -0.15) is 0 Å². The number of imide groups is 1. The van der Waals surface area contributed by atoms with Gasteiger partial charge in [0, 0.05) is 37.5 Å². The van der Waals surface area contributed by atoms with Crippen molar-refractivity contribution in [1.29, 1.82) is 0 Å². The summed E-state index contributed by atoms with van der Waals surface area (Å²) in [5.41, 5.74) is 6.85. The Hall–Kier alpha value is -3.96. The summed E-state index contributed by atoms with van der Waals surface area (Å²) in [6, 6.07) is 4.97. The number of hydrogen-bond donors (Lipinski definition) is 5. The van der Waals surface area contributed by atoms with Gasteiger partial charge in [-0.15, -0.1) is 0 Å². The summed E-state index contributed by atoms with van der Waals surface area (Å²) in [5.74, 6) is -1.82. The van der Waals surface area contributed by atoms with Crippen LogP contribution in [0.4, 0.5) is 10.5 Å². The molecule has 6 N–H and O–H groups in total. The predicted molar refractivity (Wildman–Crippen MR) is 168 cm³/mol. The van der Waals surface area contributed by atoms with Crippen molar-refractivity contribution in [3.8, 4) is 0 Å². The molecule has 3 atom stereocenters. The molecule has 1 aliphatic rings. The third-order valence-corrected chi connectivity index (χ3v) is 7.87. The Morgan fingerprint density at radius 1 is 0.932 bits per heavy atom. The number of carbonyl (C=O) groups is 6. The van der Waals surface area contributed by atoms with Crippen LogP contribution in [0.1, 0.15) is 85.1 Å². The van der Waals surface area contributed by atoms with E-state index in [2.05, 4.69) is 21.3 Å². The lowest BCUT2D eigenvalue weighted by Crippen LogP contribution is -2.54. The Morgan fingerprint density at radius 2 is 1.61 bits per heavy atom. The minimum atomic E-state index is -0.910. The van der Waals surface area contributed by atoms with Gasteiger partial charge in [0.15, 0.2) is 0 Å². The van der Waals surface area contributed by atoms with Gasteiger partial charge in [-0.05, 0) is 61.6 Å². The smallest absolute Gasteiger partial charge is 0.312 e. The highest BCUT2D eigenvalue weighted by Crippen LogP contribution is 2.26. The fourth-order valence-electron chi connectivity index (χ4n) is 5.08. The summed E-state index contributed by atoms with van der Waals surface area (Å²) in [5, 5.41) is 10.9. The zero-order valence-corrected chi connectivity index (χ0v) is 26.7. The Bertz CT molecular complexity index is 1150. The molecule has 0 aliphatic carbocycles. The van der Waals surface area contributed by atoms with E-state index < -0.39 is 29.9 Å². The number of carbonyl (C=O) groups excluding carboxylic acids is 6. The summed E-state index contributed by atoms with van der Waals surface area (Å²) in [6.07, 6.45) is 3.73. The average molecular weight is 615 g/mol. The quantitative estimate of drug-likeness (QED) is 0.125. The molecule has 1 aromatic rings. The van der Waals surface area contributed by atoms with E-state index in [9.17, 15) is 28.8 Å². The van der Waals surface area contributed by atoms with Crippen LogP contribution in [0, 0.1) is 17.8 Å². The second-order valence-corrected chi connectivity index (χ2v) is 12.1. The van der Waals surface area contributed by atoms with Gasteiger partial charge in [-0.3, -0.25) is 28.9 Å². The number of anilines is 1. The number of primary amides is 1. The van der Waals surface area contributed by atoms with Gasteiger partial charge in [0.1, 0.15) is 12.1 Å². The Kier molecular flexibility index (Phi) is 14.8. The number of nitrogens with one attached hydrogen (secondary N) is 4. The largest absolute Gasteiger partial charge is 0.352 e. The van der Waals surface area contributed by atoms with E-state index in [0.29, 0.717) is 37.9 Å². The van der Waals surface area contributed by atoms with Crippen molar-refractivity contribution in [3.05, 3.63) is 29.8 Å². The molecule has 1 aliphatic heterocycles. The molecule has 0 aromatic heterocycles. The van der Waals surface area contributed by atoms with Crippen LogP contribution >= 0.6 is 0 Å². The summed E-state index contributed by atoms with van der Waals surface area (Å²) >= 11 is 0. The molecule has 0 bridgehead atoms. The Morgan fingerprint density at radius 3 is 2.18 bits per heavy atom. The van der Waals surface area contributed by atoms with Gasteiger partial charge in [0.2, 0.25) is 29.5 Å². The topological polar surface area (TPSA) is 180 Å². The number of hydrogen-bond acceptors (Lipinski definition) is 6. The van der Waals surface area contributed by atoms with Crippen molar-refractivity contribution in [2.45, 2.75) is 98.1 Å². The number of amides is 7. The molecule has 1 heterocycles. The van der Waals surface area contributed by atoms with Crippen molar-refractivity contribution >= 4 is 41.3 Å². The minimum absolute atomic E-state index is 0.112. The minimum Gasteiger partial charge on any atom is -0.352 e. The number of unbranched alkanes of at least 4 members (excludes halogenated alkanes) is 2. The van der Waals surface area contributed by atoms with E-state index in [-0.39, 0.29) is 61.3 Å². The second kappa shape index (κ2) is 18.0. The number of likely N-dealkylation sites (tertiary alicyclic amines) is 1. The zero-order valence-electron chi connectivity index (χ0n) is 26.7. The lowest BCUT2D eigenvalue weighted by atomic mass is 9.94. The van der Waals surface area contributed by atoms with Gasteiger partial charge in [0.25, 0.3) is 0 Å². The van der Waals surface area contributed by atoms with Crippen LogP contribution in [0.2, 0.25) is 0 Å². The van der Waals surface area contributed by atoms with Crippen LogP contribution in [0.25, 0.3) is 0 Å². The van der Waals surface area contributed by atoms with E-state index in [4.69, 9.17) is 5.73 Å². The van der Waals surface area contributed by atoms with Gasteiger partial charge in [-0.25, -0.2) is 4.79 Å². The van der Waals surface area contributed by atoms with Crippen LogP contribution in [-0.2, 0) is 30.4 Å². The molecule has 2 rings (SSSR count). The van der Waals surface area contributed by atoms with E-state index in [1.165, 1.54) is 4.90 Å². The van der Waals surface area contributed by atoms with Crippen LogP contribution in [0.5, 0.6) is 0 Å². The molecule has 7 amide bonds. The van der Waals surface area contributed by atoms with Crippen LogP contribution in [0.3, 0.4) is 0 Å². The lowest BCUT2D eigenvalue weighted by molar-refractivity contribution is -0.140. The maximum atomic E-state index is 13.3. The maximum Gasteiger partial charge on any atom is 0.312 e. The van der Waals surface area contributed by atoms with Gasteiger partial charge in [-0.1, -0.05) is 53.2 Å². The van der Waals surface area contributed by atoms with E-state index in [0.717, 1.165) is 12.0 Å². The highest BCUT2D eigenvalue weighted by molar-refractivity contribution is 6.03. The van der Waals surface area contributed by atoms with E-state index >= 15 is 0 Å². The molecule has 2 unspecified atom stereocenters. The number of urea groups is 1. The van der Waals surface area contributed by atoms with Crippen molar-refractivity contribution in [1.82, 2.24) is 20.9 Å².